The molecule has 1 aliphatic rings. The van der Waals surface area contributed by atoms with Gasteiger partial charge >= 0.3 is 0 Å². The maximum absolute atomic E-state index is 12.9. The van der Waals surface area contributed by atoms with Gasteiger partial charge in [-0.3, -0.25) is 4.79 Å². The highest BCUT2D eigenvalue weighted by atomic mass is 16.2. The largest absolute Gasteiger partial charge is 0.399 e. The number of nitrogens with zero attached hydrogens (tertiary/aromatic N) is 1. The number of benzene rings is 2. The molecule has 0 spiro atoms. The highest BCUT2D eigenvalue weighted by molar-refractivity contribution is 6.06. The smallest absolute Gasteiger partial charge is 0.258 e. The Kier molecular flexibility index (Phi) is 3.65. The Hall–Kier alpha value is -2.29. The molecular weight excluding hydrogens is 260 g/mol. The van der Waals surface area contributed by atoms with Gasteiger partial charge in [0.2, 0.25) is 0 Å². The van der Waals surface area contributed by atoms with Crippen molar-refractivity contribution in [2.24, 2.45) is 0 Å². The number of anilines is 2. The fraction of sp³-hybridized carbons (Fsp3) is 0.278. The average molecular weight is 280 g/mol. The van der Waals surface area contributed by atoms with Crippen LogP contribution in [0.4, 0.5) is 11.4 Å². The summed E-state index contributed by atoms with van der Waals surface area (Å²) in [5.74, 6) is 0.0625. The van der Waals surface area contributed by atoms with Crippen molar-refractivity contribution in [3.63, 3.8) is 0 Å². The number of nitrogens with two attached hydrogens (primary N) is 1. The van der Waals surface area contributed by atoms with Gasteiger partial charge in [-0.25, -0.2) is 0 Å². The predicted octanol–water partition coefficient (Wildman–Crippen LogP) is 3.56. The molecule has 108 valence electrons. The van der Waals surface area contributed by atoms with Crippen LogP contribution in [0, 0.1) is 6.92 Å². The number of amides is 1. The van der Waals surface area contributed by atoms with E-state index in [4.69, 9.17) is 5.73 Å². The van der Waals surface area contributed by atoms with Gasteiger partial charge in [0.05, 0.1) is 0 Å². The Bertz CT molecular complexity index is 679. The van der Waals surface area contributed by atoms with Gasteiger partial charge in [0, 0.05) is 23.5 Å². The van der Waals surface area contributed by atoms with Crippen LogP contribution in [-0.4, -0.2) is 12.5 Å². The van der Waals surface area contributed by atoms with Gasteiger partial charge in [0.1, 0.15) is 0 Å². The normalized spacial score (nSPS) is 14.4. The molecule has 0 fully saturated rings. The summed E-state index contributed by atoms with van der Waals surface area (Å²) in [7, 11) is 0. The molecule has 2 N–H and O–H groups in total. The van der Waals surface area contributed by atoms with Crippen molar-refractivity contribution in [1.29, 1.82) is 0 Å². The fourth-order valence-corrected chi connectivity index (χ4v) is 2.87. The van der Waals surface area contributed by atoms with E-state index in [1.54, 1.807) is 0 Å². The molecule has 21 heavy (non-hydrogen) atoms. The van der Waals surface area contributed by atoms with E-state index < -0.39 is 0 Å². The molecule has 0 atom stereocenters. The first kappa shape index (κ1) is 13.7. The third-order valence-electron chi connectivity index (χ3n) is 4.12. The van der Waals surface area contributed by atoms with E-state index >= 15 is 0 Å². The number of hydrogen-bond acceptors (Lipinski definition) is 2. The number of para-hydroxylation sites is 1. The number of rotatable bonds is 1. The summed E-state index contributed by atoms with van der Waals surface area (Å²) in [5, 5.41) is 0. The first-order chi connectivity index (χ1) is 10.2. The summed E-state index contributed by atoms with van der Waals surface area (Å²) in [5.41, 5.74) is 10.5. The molecule has 3 rings (SSSR count). The molecule has 3 nitrogen and oxygen atoms in total. The van der Waals surface area contributed by atoms with Crippen LogP contribution in [-0.2, 0) is 6.42 Å². The Morgan fingerprint density at radius 1 is 1.14 bits per heavy atom. The molecule has 1 aliphatic heterocycles. The first-order valence-corrected chi connectivity index (χ1v) is 7.43. The van der Waals surface area contributed by atoms with Crippen LogP contribution in [0.3, 0.4) is 0 Å². The number of carbonyl (C=O) groups excluding carboxylic acids is 1. The lowest BCUT2D eigenvalue weighted by Crippen LogP contribution is -2.31. The maximum atomic E-state index is 12.9. The van der Waals surface area contributed by atoms with E-state index in [2.05, 4.69) is 6.07 Å². The first-order valence-electron chi connectivity index (χ1n) is 7.43. The SMILES string of the molecule is Cc1cc(C(=O)N2CCCCc3ccccc32)ccc1N. The van der Waals surface area contributed by atoms with E-state index in [0.717, 1.165) is 42.7 Å². The molecule has 0 bridgehead atoms. The van der Waals surface area contributed by atoms with Crippen molar-refractivity contribution in [3.8, 4) is 0 Å². The topological polar surface area (TPSA) is 46.3 Å². The second kappa shape index (κ2) is 5.60. The molecule has 0 saturated carbocycles. The molecule has 1 amide bonds. The van der Waals surface area contributed by atoms with Gasteiger partial charge in [-0.2, -0.15) is 0 Å². The van der Waals surface area contributed by atoms with E-state index in [1.807, 2.05) is 48.2 Å². The zero-order chi connectivity index (χ0) is 14.8. The molecule has 3 heteroatoms. The van der Waals surface area contributed by atoms with Gasteiger partial charge < -0.3 is 10.6 Å². The van der Waals surface area contributed by atoms with Crippen molar-refractivity contribution >= 4 is 17.3 Å². The summed E-state index contributed by atoms with van der Waals surface area (Å²) in [4.78, 5) is 14.8. The lowest BCUT2D eigenvalue weighted by Gasteiger charge is -2.23. The molecule has 2 aromatic carbocycles. The third kappa shape index (κ3) is 2.64. The Balaban J connectivity index is 1.99. The highest BCUT2D eigenvalue weighted by Crippen LogP contribution is 2.28. The highest BCUT2D eigenvalue weighted by Gasteiger charge is 2.22. The quantitative estimate of drug-likeness (QED) is 0.812. The minimum absolute atomic E-state index is 0.0625. The Labute approximate surface area is 125 Å². The molecule has 0 saturated heterocycles. The van der Waals surface area contributed by atoms with Crippen LogP contribution in [0.25, 0.3) is 0 Å². The zero-order valence-corrected chi connectivity index (χ0v) is 12.3. The minimum Gasteiger partial charge on any atom is -0.399 e. The monoisotopic (exact) mass is 280 g/mol. The summed E-state index contributed by atoms with van der Waals surface area (Å²) < 4.78 is 0. The van der Waals surface area contributed by atoms with Crippen molar-refractivity contribution < 1.29 is 4.79 Å². The van der Waals surface area contributed by atoms with Gasteiger partial charge in [-0.05, 0) is 61.6 Å². The second-order valence-electron chi connectivity index (χ2n) is 5.61. The number of hydrogen-bond donors (Lipinski definition) is 1. The van der Waals surface area contributed by atoms with Crippen LogP contribution >= 0.6 is 0 Å². The fourth-order valence-electron chi connectivity index (χ4n) is 2.87. The summed E-state index contributed by atoms with van der Waals surface area (Å²) in [6.07, 6.45) is 3.21. The van der Waals surface area contributed by atoms with Crippen molar-refractivity contribution in [3.05, 3.63) is 59.2 Å². The second-order valence-corrected chi connectivity index (χ2v) is 5.61. The molecule has 0 aliphatic carbocycles. The number of nitrogen functional groups attached to an aromatic ring is 1. The van der Waals surface area contributed by atoms with Crippen LogP contribution < -0.4 is 10.6 Å². The van der Waals surface area contributed by atoms with Crippen LogP contribution in [0.1, 0.15) is 34.3 Å². The van der Waals surface area contributed by atoms with E-state index in [0.29, 0.717) is 5.56 Å². The standard InChI is InChI=1S/C18H20N2O/c1-13-12-15(9-10-16(13)19)18(21)20-11-5-4-7-14-6-2-3-8-17(14)20/h2-3,6,8-10,12H,4-5,7,11,19H2,1H3. The number of aryl methyl sites for hydroxylation is 2. The lowest BCUT2D eigenvalue weighted by atomic mass is 10.1. The molecule has 0 unspecified atom stereocenters. The van der Waals surface area contributed by atoms with Gasteiger partial charge in [0.15, 0.2) is 0 Å². The predicted molar refractivity (Wildman–Crippen MR) is 86.6 cm³/mol. The van der Waals surface area contributed by atoms with Crippen molar-refractivity contribution in [2.75, 3.05) is 17.2 Å². The van der Waals surface area contributed by atoms with Crippen LogP contribution in [0.2, 0.25) is 0 Å². The van der Waals surface area contributed by atoms with Crippen molar-refractivity contribution in [1.82, 2.24) is 0 Å². The molecule has 1 heterocycles. The summed E-state index contributed by atoms with van der Waals surface area (Å²) in [6.45, 7) is 2.71. The Morgan fingerprint density at radius 2 is 1.95 bits per heavy atom. The molecule has 0 radical (unpaired) electrons. The summed E-state index contributed by atoms with van der Waals surface area (Å²) in [6, 6.07) is 13.7. The number of carbonyl (C=O) groups is 1. The zero-order valence-electron chi connectivity index (χ0n) is 12.3. The van der Waals surface area contributed by atoms with Gasteiger partial charge in [-0.1, -0.05) is 18.2 Å². The van der Waals surface area contributed by atoms with E-state index in [9.17, 15) is 4.79 Å². The molecule has 0 aromatic heterocycles. The van der Waals surface area contributed by atoms with Crippen molar-refractivity contribution in [2.45, 2.75) is 26.2 Å². The number of fused-ring (bicyclic) bond motifs is 1. The minimum atomic E-state index is 0.0625. The Morgan fingerprint density at radius 3 is 2.76 bits per heavy atom. The van der Waals surface area contributed by atoms with E-state index in [1.165, 1.54) is 5.56 Å². The third-order valence-corrected chi connectivity index (χ3v) is 4.12. The van der Waals surface area contributed by atoms with E-state index in [-0.39, 0.29) is 5.91 Å². The van der Waals surface area contributed by atoms with Gasteiger partial charge in [0.25, 0.3) is 5.91 Å². The average Bonchev–Trinajstić information content (AvgIpc) is 2.71. The molecular formula is C18H20N2O. The van der Waals surface area contributed by atoms with Crippen LogP contribution in [0.15, 0.2) is 42.5 Å². The van der Waals surface area contributed by atoms with Crippen LogP contribution in [0.5, 0.6) is 0 Å². The summed E-state index contributed by atoms with van der Waals surface area (Å²) >= 11 is 0. The lowest BCUT2D eigenvalue weighted by molar-refractivity contribution is 0.0987. The van der Waals surface area contributed by atoms with Gasteiger partial charge in [-0.15, -0.1) is 0 Å². The molecule has 2 aromatic rings. The maximum Gasteiger partial charge on any atom is 0.258 e.